The van der Waals surface area contributed by atoms with Gasteiger partial charge in [-0.2, -0.15) is 0 Å². The predicted octanol–water partition coefficient (Wildman–Crippen LogP) is 4.06. The molecule has 1 nitrogen and oxygen atoms in total. The summed E-state index contributed by atoms with van der Waals surface area (Å²) in [6.07, 6.45) is 5.82. The fourth-order valence-corrected chi connectivity index (χ4v) is 2.82. The Balaban J connectivity index is 2.66. The zero-order valence-corrected chi connectivity index (χ0v) is 10.8. The molecule has 1 fully saturated rings. The minimum absolute atomic E-state index is 0.364. The van der Waals surface area contributed by atoms with Gasteiger partial charge in [0.1, 0.15) is 5.78 Å². The van der Waals surface area contributed by atoms with Crippen LogP contribution in [0.3, 0.4) is 0 Å². The van der Waals surface area contributed by atoms with Crippen molar-refractivity contribution in [3.8, 4) is 0 Å². The first-order valence-electron chi connectivity index (χ1n) is 6.65. The maximum absolute atomic E-state index is 12.3. The van der Waals surface area contributed by atoms with Crippen LogP contribution in [0, 0.1) is 23.7 Å². The minimum atomic E-state index is 0.364. The van der Waals surface area contributed by atoms with Crippen molar-refractivity contribution in [2.45, 2.75) is 59.8 Å². The predicted molar refractivity (Wildman–Crippen MR) is 64.7 cm³/mol. The second-order valence-corrected chi connectivity index (χ2v) is 5.32. The van der Waals surface area contributed by atoms with Crippen molar-refractivity contribution in [1.29, 1.82) is 0 Å². The Morgan fingerprint density at radius 3 is 1.80 bits per heavy atom. The normalized spacial score (nSPS) is 31.3. The van der Waals surface area contributed by atoms with Gasteiger partial charge in [-0.3, -0.25) is 4.79 Å². The van der Waals surface area contributed by atoms with Gasteiger partial charge >= 0.3 is 0 Å². The molecule has 0 radical (unpaired) electrons. The van der Waals surface area contributed by atoms with Crippen LogP contribution in [0.2, 0.25) is 0 Å². The van der Waals surface area contributed by atoms with Crippen LogP contribution in [0.15, 0.2) is 0 Å². The van der Waals surface area contributed by atoms with Crippen LogP contribution < -0.4 is 0 Å². The molecule has 0 aromatic heterocycles. The highest BCUT2D eigenvalue weighted by Crippen LogP contribution is 2.36. The average molecular weight is 210 g/mol. The molecule has 1 aliphatic carbocycles. The van der Waals surface area contributed by atoms with E-state index in [0.29, 0.717) is 29.5 Å². The Morgan fingerprint density at radius 2 is 1.47 bits per heavy atom. The fourth-order valence-electron chi connectivity index (χ4n) is 2.82. The number of hydrogen-bond donors (Lipinski definition) is 0. The quantitative estimate of drug-likeness (QED) is 0.683. The van der Waals surface area contributed by atoms with Crippen molar-refractivity contribution in [2.24, 2.45) is 23.7 Å². The van der Waals surface area contributed by atoms with E-state index in [9.17, 15) is 4.79 Å². The molecule has 4 unspecified atom stereocenters. The van der Waals surface area contributed by atoms with Crippen LogP contribution in [-0.2, 0) is 4.79 Å². The van der Waals surface area contributed by atoms with E-state index >= 15 is 0 Å². The van der Waals surface area contributed by atoms with E-state index in [0.717, 1.165) is 25.7 Å². The topological polar surface area (TPSA) is 17.1 Å². The Labute approximate surface area is 94.6 Å². The van der Waals surface area contributed by atoms with Crippen molar-refractivity contribution in [1.82, 2.24) is 0 Å². The highest BCUT2D eigenvalue weighted by Gasteiger charge is 2.35. The van der Waals surface area contributed by atoms with Gasteiger partial charge in [0.2, 0.25) is 0 Å². The van der Waals surface area contributed by atoms with E-state index in [1.54, 1.807) is 0 Å². The van der Waals surface area contributed by atoms with Crippen molar-refractivity contribution in [3.63, 3.8) is 0 Å². The van der Waals surface area contributed by atoms with Crippen LogP contribution in [0.4, 0.5) is 0 Å². The lowest BCUT2D eigenvalue weighted by Gasteiger charge is -2.34. The summed E-state index contributed by atoms with van der Waals surface area (Å²) in [5.41, 5.74) is 0. The summed E-state index contributed by atoms with van der Waals surface area (Å²) in [7, 11) is 0. The number of hydrogen-bond acceptors (Lipinski definition) is 1. The molecule has 88 valence electrons. The molecule has 0 heterocycles. The van der Waals surface area contributed by atoms with E-state index in [1.165, 1.54) is 6.42 Å². The summed E-state index contributed by atoms with van der Waals surface area (Å²) in [5.74, 6) is 2.48. The third-order valence-corrected chi connectivity index (χ3v) is 4.42. The lowest BCUT2D eigenvalue weighted by atomic mass is 9.69. The molecular weight excluding hydrogens is 184 g/mol. The second-order valence-electron chi connectivity index (χ2n) is 5.32. The Hall–Kier alpha value is -0.330. The fraction of sp³-hybridized carbons (Fsp3) is 0.929. The van der Waals surface area contributed by atoms with Gasteiger partial charge in [0.25, 0.3) is 0 Å². The smallest absolute Gasteiger partial charge is 0.139 e. The zero-order chi connectivity index (χ0) is 11.4. The monoisotopic (exact) mass is 210 g/mol. The van der Waals surface area contributed by atoms with Crippen LogP contribution in [-0.4, -0.2) is 5.78 Å². The first kappa shape index (κ1) is 12.7. The third-order valence-electron chi connectivity index (χ3n) is 4.42. The van der Waals surface area contributed by atoms with Crippen molar-refractivity contribution in [3.05, 3.63) is 0 Å². The molecule has 0 spiro atoms. The van der Waals surface area contributed by atoms with Crippen LogP contribution >= 0.6 is 0 Å². The lowest BCUT2D eigenvalue weighted by molar-refractivity contribution is -0.132. The highest BCUT2D eigenvalue weighted by atomic mass is 16.1. The molecule has 1 heteroatoms. The Bertz CT molecular complexity index is 189. The van der Waals surface area contributed by atoms with Gasteiger partial charge in [0, 0.05) is 11.8 Å². The number of carbonyl (C=O) groups excluding carboxylic acids is 1. The summed E-state index contributed by atoms with van der Waals surface area (Å²) >= 11 is 0. The summed E-state index contributed by atoms with van der Waals surface area (Å²) in [5, 5.41) is 0. The molecule has 0 amide bonds. The van der Waals surface area contributed by atoms with Gasteiger partial charge in [0.15, 0.2) is 0 Å². The Kier molecular flexibility index (Phi) is 4.82. The van der Waals surface area contributed by atoms with E-state index in [4.69, 9.17) is 0 Å². The highest BCUT2D eigenvalue weighted by molar-refractivity contribution is 5.84. The summed E-state index contributed by atoms with van der Waals surface area (Å²) in [4.78, 5) is 12.3. The van der Waals surface area contributed by atoms with Crippen molar-refractivity contribution >= 4 is 5.78 Å². The molecule has 0 N–H and O–H groups in total. The first-order valence-corrected chi connectivity index (χ1v) is 6.65. The van der Waals surface area contributed by atoms with Gasteiger partial charge < -0.3 is 0 Å². The van der Waals surface area contributed by atoms with E-state index in [1.807, 2.05) is 0 Å². The minimum Gasteiger partial charge on any atom is -0.299 e. The van der Waals surface area contributed by atoms with Gasteiger partial charge in [0.05, 0.1) is 0 Å². The van der Waals surface area contributed by atoms with Gasteiger partial charge in [-0.05, 0) is 24.7 Å². The number of ketones is 1. The zero-order valence-electron chi connectivity index (χ0n) is 10.8. The molecular formula is C14H26O. The first-order chi connectivity index (χ1) is 7.11. The van der Waals surface area contributed by atoms with Crippen LogP contribution in [0.5, 0.6) is 0 Å². The van der Waals surface area contributed by atoms with E-state index in [2.05, 4.69) is 27.7 Å². The molecule has 1 rings (SSSR count). The molecule has 0 aliphatic heterocycles. The van der Waals surface area contributed by atoms with Crippen molar-refractivity contribution < 1.29 is 4.79 Å². The molecule has 0 bridgehead atoms. The van der Waals surface area contributed by atoms with Gasteiger partial charge in [-0.1, -0.05) is 47.0 Å². The summed E-state index contributed by atoms with van der Waals surface area (Å²) in [6.45, 7) is 8.87. The molecule has 0 aromatic rings. The molecule has 4 atom stereocenters. The molecule has 15 heavy (non-hydrogen) atoms. The molecule has 1 aliphatic rings. The van der Waals surface area contributed by atoms with Crippen molar-refractivity contribution in [2.75, 3.05) is 0 Å². The summed E-state index contributed by atoms with van der Waals surface area (Å²) in [6, 6.07) is 0. The molecule has 0 saturated heterocycles. The standard InChI is InChI=1S/C14H26O/c1-5-10(3)12-8-7-9-13(14(12)15)11(4)6-2/h10-13H,5-9H2,1-4H3. The average Bonchev–Trinajstić information content (AvgIpc) is 2.27. The maximum Gasteiger partial charge on any atom is 0.139 e. The largest absolute Gasteiger partial charge is 0.299 e. The summed E-state index contributed by atoms with van der Waals surface area (Å²) < 4.78 is 0. The van der Waals surface area contributed by atoms with Crippen LogP contribution in [0.1, 0.15) is 59.8 Å². The van der Waals surface area contributed by atoms with Gasteiger partial charge in [-0.25, -0.2) is 0 Å². The molecule has 1 saturated carbocycles. The van der Waals surface area contributed by atoms with E-state index in [-0.39, 0.29) is 0 Å². The third kappa shape index (κ3) is 2.83. The second kappa shape index (κ2) is 5.67. The number of rotatable bonds is 4. The lowest BCUT2D eigenvalue weighted by Crippen LogP contribution is -2.35. The van der Waals surface area contributed by atoms with E-state index < -0.39 is 0 Å². The van der Waals surface area contributed by atoms with Gasteiger partial charge in [-0.15, -0.1) is 0 Å². The number of carbonyl (C=O) groups is 1. The number of Topliss-reactive ketones (excluding diaryl/α,β-unsaturated/α-hetero) is 1. The maximum atomic E-state index is 12.3. The molecule has 0 aromatic carbocycles. The Morgan fingerprint density at radius 1 is 1.07 bits per heavy atom. The SMILES string of the molecule is CCC(C)C1CCCC(C(C)CC)C1=O. The van der Waals surface area contributed by atoms with Crippen LogP contribution in [0.25, 0.3) is 0 Å².